The highest BCUT2D eigenvalue weighted by molar-refractivity contribution is 9.10. The number of halogens is 1. The summed E-state index contributed by atoms with van der Waals surface area (Å²) in [5, 5.41) is 18.9. The Labute approximate surface area is 125 Å². The predicted octanol–water partition coefficient (Wildman–Crippen LogP) is 2.20. The summed E-state index contributed by atoms with van der Waals surface area (Å²) < 4.78 is 0.462. The molecule has 0 unspecified atom stereocenters. The minimum Gasteiger partial charge on any atom is -0.392 e. The first-order valence-corrected chi connectivity index (χ1v) is 6.80. The number of hydrogen-bond donors (Lipinski definition) is 3. The van der Waals surface area contributed by atoms with Gasteiger partial charge in [0.25, 0.3) is 5.91 Å². The van der Waals surface area contributed by atoms with E-state index in [9.17, 15) is 15.0 Å². The summed E-state index contributed by atoms with van der Waals surface area (Å²) in [6.07, 6.45) is 0. The van der Waals surface area contributed by atoms with Gasteiger partial charge in [-0.2, -0.15) is 0 Å². The molecule has 2 rings (SSSR count). The summed E-state index contributed by atoms with van der Waals surface area (Å²) in [4.78, 5) is 11.8. The van der Waals surface area contributed by atoms with Crippen LogP contribution in [0.15, 0.2) is 40.9 Å². The summed E-state index contributed by atoms with van der Waals surface area (Å²) in [6, 6.07) is 10.9. The maximum Gasteiger partial charge on any atom is 0.250 e. The zero-order chi connectivity index (χ0) is 14.7. The highest BCUT2D eigenvalue weighted by Crippen LogP contribution is 2.35. The molecule has 2 aromatic rings. The zero-order valence-electron chi connectivity index (χ0n) is 10.6. The Bertz CT molecular complexity index is 641. The van der Waals surface area contributed by atoms with Gasteiger partial charge in [-0.15, -0.1) is 0 Å². The molecule has 0 aromatic heterocycles. The molecule has 104 valence electrons. The van der Waals surface area contributed by atoms with E-state index < -0.39 is 5.91 Å². The van der Waals surface area contributed by atoms with E-state index in [-0.39, 0.29) is 18.8 Å². The third-order valence-electron chi connectivity index (χ3n) is 3.07. The van der Waals surface area contributed by atoms with Gasteiger partial charge in [0, 0.05) is 10.0 Å². The van der Waals surface area contributed by atoms with Crippen molar-refractivity contribution in [3.8, 4) is 11.1 Å². The van der Waals surface area contributed by atoms with Gasteiger partial charge >= 0.3 is 0 Å². The van der Waals surface area contributed by atoms with Crippen LogP contribution in [-0.4, -0.2) is 16.1 Å². The predicted molar refractivity (Wildman–Crippen MR) is 79.9 cm³/mol. The van der Waals surface area contributed by atoms with Gasteiger partial charge in [-0.3, -0.25) is 4.79 Å². The van der Waals surface area contributed by atoms with Crippen LogP contribution >= 0.6 is 15.9 Å². The summed E-state index contributed by atoms with van der Waals surface area (Å²) in [7, 11) is 0. The number of carbonyl (C=O) groups is 1. The number of rotatable bonds is 4. The second-order valence-corrected chi connectivity index (χ2v) is 5.10. The number of aliphatic hydroxyl groups is 2. The molecule has 20 heavy (non-hydrogen) atoms. The van der Waals surface area contributed by atoms with E-state index in [0.29, 0.717) is 21.2 Å². The first-order valence-electron chi connectivity index (χ1n) is 6.01. The van der Waals surface area contributed by atoms with Gasteiger partial charge in [0.15, 0.2) is 0 Å². The second-order valence-electron chi connectivity index (χ2n) is 4.31. The van der Waals surface area contributed by atoms with Crippen molar-refractivity contribution < 1.29 is 15.0 Å². The molecule has 0 saturated heterocycles. The summed E-state index contributed by atoms with van der Waals surface area (Å²) >= 11 is 3.31. The summed E-state index contributed by atoms with van der Waals surface area (Å²) in [6.45, 7) is -0.492. The van der Waals surface area contributed by atoms with Gasteiger partial charge in [-0.1, -0.05) is 30.3 Å². The van der Waals surface area contributed by atoms with E-state index >= 15 is 0 Å². The molecule has 0 aliphatic carbocycles. The molecule has 4 nitrogen and oxygen atoms in total. The molecule has 0 saturated carbocycles. The fraction of sp³-hybridized carbons (Fsp3) is 0.133. The molecule has 0 bridgehead atoms. The van der Waals surface area contributed by atoms with Crippen LogP contribution in [0.4, 0.5) is 0 Å². The molecule has 1 amide bonds. The fourth-order valence-corrected chi connectivity index (χ4v) is 2.82. The molecule has 0 spiro atoms. The lowest BCUT2D eigenvalue weighted by atomic mass is 9.92. The van der Waals surface area contributed by atoms with E-state index in [2.05, 4.69) is 15.9 Å². The van der Waals surface area contributed by atoms with Crippen molar-refractivity contribution in [1.82, 2.24) is 0 Å². The van der Waals surface area contributed by atoms with Crippen molar-refractivity contribution in [2.45, 2.75) is 13.2 Å². The number of benzene rings is 2. The first kappa shape index (κ1) is 14.7. The maximum atomic E-state index is 11.8. The summed E-state index contributed by atoms with van der Waals surface area (Å²) in [5.74, 6) is -0.610. The lowest BCUT2D eigenvalue weighted by Crippen LogP contribution is -2.16. The molecule has 0 aliphatic rings. The minimum absolute atomic E-state index is 0.245. The number of aliphatic hydroxyl groups excluding tert-OH is 2. The Kier molecular flexibility index (Phi) is 4.54. The van der Waals surface area contributed by atoms with Crippen molar-refractivity contribution in [2.24, 2.45) is 5.73 Å². The number of primary amides is 1. The van der Waals surface area contributed by atoms with Crippen LogP contribution in [-0.2, 0) is 13.2 Å². The number of nitrogens with two attached hydrogens (primary N) is 1. The molecule has 0 heterocycles. The van der Waals surface area contributed by atoms with Crippen molar-refractivity contribution in [3.05, 3.63) is 57.6 Å². The number of hydrogen-bond acceptors (Lipinski definition) is 3. The molecule has 0 radical (unpaired) electrons. The number of carbonyl (C=O) groups excluding carboxylic acids is 1. The zero-order valence-corrected chi connectivity index (χ0v) is 12.2. The first-order chi connectivity index (χ1) is 9.60. The average Bonchev–Trinajstić information content (AvgIpc) is 2.47. The molecular weight excluding hydrogens is 322 g/mol. The van der Waals surface area contributed by atoms with Gasteiger partial charge < -0.3 is 15.9 Å². The van der Waals surface area contributed by atoms with Crippen molar-refractivity contribution in [2.75, 3.05) is 0 Å². The smallest absolute Gasteiger partial charge is 0.250 e. The standard InChI is InChI=1S/C15H14BrNO3/c16-14-11(8-19)6-10(7-18)12(13(14)15(17)20)9-4-2-1-3-5-9/h1-6,18-19H,7-8H2,(H2,17,20). The lowest BCUT2D eigenvalue weighted by molar-refractivity contribution is 0.1000. The monoisotopic (exact) mass is 335 g/mol. The van der Waals surface area contributed by atoms with Crippen LogP contribution in [0, 0.1) is 0 Å². The van der Waals surface area contributed by atoms with Gasteiger partial charge in [0.1, 0.15) is 0 Å². The second kappa shape index (κ2) is 6.17. The molecule has 5 heteroatoms. The largest absolute Gasteiger partial charge is 0.392 e. The van der Waals surface area contributed by atoms with Gasteiger partial charge in [-0.25, -0.2) is 0 Å². The van der Waals surface area contributed by atoms with Gasteiger partial charge in [0.2, 0.25) is 0 Å². The van der Waals surface area contributed by atoms with E-state index in [4.69, 9.17) is 5.73 Å². The van der Waals surface area contributed by atoms with Gasteiger partial charge in [0.05, 0.1) is 18.8 Å². The van der Waals surface area contributed by atoms with Crippen molar-refractivity contribution in [1.29, 1.82) is 0 Å². The van der Waals surface area contributed by atoms with Crippen LogP contribution in [0.5, 0.6) is 0 Å². The topological polar surface area (TPSA) is 83.6 Å². The lowest BCUT2D eigenvalue weighted by Gasteiger charge is -2.16. The highest BCUT2D eigenvalue weighted by Gasteiger charge is 2.20. The van der Waals surface area contributed by atoms with E-state index in [1.165, 1.54) is 0 Å². The quantitative estimate of drug-likeness (QED) is 0.800. The van der Waals surface area contributed by atoms with Crippen LogP contribution in [0.1, 0.15) is 21.5 Å². The SMILES string of the molecule is NC(=O)c1c(Br)c(CO)cc(CO)c1-c1ccccc1. The Hall–Kier alpha value is -1.69. The third kappa shape index (κ3) is 2.60. The van der Waals surface area contributed by atoms with Gasteiger partial charge in [-0.05, 0) is 38.7 Å². The molecular formula is C15H14BrNO3. The minimum atomic E-state index is -0.610. The van der Waals surface area contributed by atoms with E-state index in [0.717, 1.165) is 5.56 Å². The van der Waals surface area contributed by atoms with E-state index in [1.54, 1.807) is 6.07 Å². The van der Waals surface area contributed by atoms with Crippen LogP contribution in [0.3, 0.4) is 0 Å². The Morgan fingerprint density at radius 2 is 1.70 bits per heavy atom. The van der Waals surface area contributed by atoms with Crippen molar-refractivity contribution >= 4 is 21.8 Å². The molecule has 0 atom stereocenters. The maximum absolute atomic E-state index is 11.8. The molecule has 4 N–H and O–H groups in total. The average molecular weight is 336 g/mol. The van der Waals surface area contributed by atoms with E-state index in [1.807, 2.05) is 30.3 Å². The Morgan fingerprint density at radius 3 is 2.20 bits per heavy atom. The Morgan fingerprint density at radius 1 is 1.10 bits per heavy atom. The summed E-state index contributed by atoms with van der Waals surface area (Å²) in [5.41, 5.74) is 8.18. The molecule has 2 aromatic carbocycles. The molecule has 0 fully saturated rings. The van der Waals surface area contributed by atoms with Crippen LogP contribution < -0.4 is 5.73 Å². The Balaban J connectivity index is 2.84. The van der Waals surface area contributed by atoms with Crippen molar-refractivity contribution in [3.63, 3.8) is 0 Å². The highest BCUT2D eigenvalue weighted by atomic mass is 79.9. The normalized spacial score (nSPS) is 10.6. The fourth-order valence-electron chi connectivity index (χ4n) is 2.18. The van der Waals surface area contributed by atoms with Crippen LogP contribution in [0.25, 0.3) is 11.1 Å². The van der Waals surface area contributed by atoms with Crippen LogP contribution in [0.2, 0.25) is 0 Å². The number of amides is 1. The molecule has 0 aliphatic heterocycles. The third-order valence-corrected chi connectivity index (χ3v) is 3.98.